The van der Waals surface area contributed by atoms with Crippen LogP contribution in [0.3, 0.4) is 0 Å². The Labute approximate surface area is 115 Å². The Hall–Kier alpha value is -2.96. The Morgan fingerprint density at radius 2 is 2.15 bits per heavy atom. The lowest BCUT2D eigenvalue weighted by molar-refractivity contribution is 1.04. The van der Waals surface area contributed by atoms with E-state index in [1.165, 1.54) is 0 Å². The molecule has 0 atom stereocenters. The van der Waals surface area contributed by atoms with Crippen LogP contribution in [-0.2, 0) is 0 Å². The van der Waals surface area contributed by atoms with Crippen molar-refractivity contribution in [2.75, 3.05) is 11.1 Å². The first-order chi connectivity index (χ1) is 9.72. The van der Waals surface area contributed by atoms with Crippen molar-refractivity contribution in [3.8, 4) is 11.3 Å². The molecule has 0 unspecified atom stereocenters. The monoisotopic (exact) mass is 267 g/mol. The van der Waals surface area contributed by atoms with Gasteiger partial charge < -0.3 is 11.1 Å². The third-order valence-electron chi connectivity index (χ3n) is 2.83. The zero-order valence-electron chi connectivity index (χ0n) is 10.8. The molecule has 0 spiro atoms. The second kappa shape index (κ2) is 4.96. The number of benzene rings is 1. The third-order valence-corrected chi connectivity index (χ3v) is 2.83. The van der Waals surface area contributed by atoms with E-state index in [0.717, 1.165) is 22.5 Å². The molecule has 2 heterocycles. The molecular formula is C13H13N7. The molecule has 0 aliphatic heterocycles. The number of hydrogen-bond donors (Lipinski definition) is 3. The van der Waals surface area contributed by atoms with E-state index in [1.54, 1.807) is 6.20 Å². The maximum atomic E-state index is 5.48. The first-order valence-corrected chi connectivity index (χ1v) is 6.06. The van der Waals surface area contributed by atoms with Crippen LogP contribution in [0.25, 0.3) is 11.3 Å². The largest absolute Gasteiger partial charge is 0.368 e. The second-order valence-corrected chi connectivity index (χ2v) is 4.31. The molecule has 100 valence electrons. The molecule has 3 rings (SSSR count). The van der Waals surface area contributed by atoms with E-state index in [-0.39, 0.29) is 5.95 Å². The van der Waals surface area contributed by atoms with Gasteiger partial charge in [-0.25, -0.2) is 5.10 Å². The Balaban J connectivity index is 1.88. The zero-order chi connectivity index (χ0) is 13.9. The van der Waals surface area contributed by atoms with Gasteiger partial charge in [0.15, 0.2) is 0 Å². The van der Waals surface area contributed by atoms with Gasteiger partial charge in [-0.15, -0.1) is 5.10 Å². The third kappa shape index (κ3) is 2.41. The fourth-order valence-electron chi connectivity index (χ4n) is 1.93. The predicted octanol–water partition coefficient (Wildman–Crippen LogP) is 1.90. The molecule has 3 aromatic rings. The Morgan fingerprint density at radius 3 is 2.80 bits per heavy atom. The van der Waals surface area contributed by atoms with Gasteiger partial charge >= 0.3 is 0 Å². The predicted molar refractivity (Wildman–Crippen MR) is 76.3 cm³/mol. The highest BCUT2D eigenvalue weighted by Crippen LogP contribution is 2.24. The van der Waals surface area contributed by atoms with Crippen LogP contribution in [0.4, 0.5) is 17.6 Å². The second-order valence-electron chi connectivity index (χ2n) is 4.31. The summed E-state index contributed by atoms with van der Waals surface area (Å²) in [5, 5.41) is 17.6. The minimum Gasteiger partial charge on any atom is -0.368 e. The first kappa shape index (κ1) is 12.1. The van der Waals surface area contributed by atoms with Gasteiger partial charge in [-0.3, -0.25) is 0 Å². The standard InChI is InChI=1S/C13H13N7/c1-8-7-9(16-13-17-12(14)19-20-13)4-5-10(8)11-3-2-6-15-18-11/h2-7H,1H3,(H4,14,16,17,19,20). The summed E-state index contributed by atoms with van der Waals surface area (Å²) >= 11 is 0. The molecule has 0 bridgehead atoms. The van der Waals surface area contributed by atoms with Gasteiger partial charge in [-0.2, -0.15) is 15.2 Å². The van der Waals surface area contributed by atoms with Gasteiger partial charge in [-0.1, -0.05) is 6.07 Å². The van der Waals surface area contributed by atoms with E-state index in [9.17, 15) is 0 Å². The molecule has 7 nitrogen and oxygen atoms in total. The number of nitrogens with one attached hydrogen (secondary N) is 2. The number of nitrogens with two attached hydrogens (primary N) is 1. The van der Waals surface area contributed by atoms with Crippen molar-refractivity contribution >= 4 is 17.6 Å². The Morgan fingerprint density at radius 1 is 1.25 bits per heavy atom. The van der Waals surface area contributed by atoms with Crippen molar-refractivity contribution < 1.29 is 0 Å². The summed E-state index contributed by atoms with van der Waals surface area (Å²) in [6.07, 6.45) is 1.66. The fourth-order valence-corrected chi connectivity index (χ4v) is 1.93. The summed E-state index contributed by atoms with van der Waals surface area (Å²) in [6.45, 7) is 2.02. The minimum absolute atomic E-state index is 0.278. The van der Waals surface area contributed by atoms with E-state index < -0.39 is 0 Å². The minimum atomic E-state index is 0.278. The van der Waals surface area contributed by atoms with Crippen LogP contribution in [0.2, 0.25) is 0 Å². The summed E-state index contributed by atoms with van der Waals surface area (Å²) in [5.74, 6) is 0.717. The number of H-pyrrole nitrogens is 1. The topological polar surface area (TPSA) is 105 Å². The molecule has 1 aromatic carbocycles. The number of anilines is 3. The van der Waals surface area contributed by atoms with Gasteiger partial charge in [0.2, 0.25) is 11.9 Å². The smallest absolute Gasteiger partial charge is 0.248 e. The zero-order valence-corrected chi connectivity index (χ0v) is 10.8. The van der Waals surface area contributed by atoms with Crippen molar-refractivity contribution in [2.24, 2.45) is 0 Å². The molecule has 0 aliphatic rings. The number of hydrogen-bond acceptors (Lipinski definition) is 6. The molecule has 0 fully saturated rings. The Bertz CT molecular complexity index is 721. The van der Waals surface area contributed by atoms with E-state index >= 15 is 0 Å². The van der Waals surface area contributed by atoms with Gasteiger partial charge in [0, 0.05) is 17.4 Å². The molecule has 0 aliphatic carbocycles. The number of aromatic nitrogens is 5. The lowest BCUT2D eigenvalue weighted by Gasteiger charge is -2.07. The fraction of sp³-hybridized carbons (Fsp3) is 0.0769. The van der Waals surface area contributed by atoms with Gasteiger partial charge in [0.25, 0.3) is 0 Å². The van der Waals surface area contributed by atoms with Gasteiger partial charge in [-0.05, 0) is 36.8 Å². The molecule has 20 heavy (non-hydrogen) atoms. The van der Waals surface area contributed by atoms with Crippen LogP contribution in [0.5, 0.6) is 0 Å². The summed E-state index contributed by atoms with van der Waals surface area (Å²) in [5.41, 5.74) is 9.33. The van der Waals surface area contributed by atoms with Crippen molar-refractivity contribution in [1.29, 1.82) is 0 Å². The number of nitrogen functional groups attached to an aromatic ring is 1. The highest BCUT2D eigenvalue weighted by molar-refractivity contribution is 5.68. The molecule has 0 saturated heterocycles. The first-order valence-electron chi connectivity index (χ1n) is 6.06. The van der Waals surface area contributed by atoms with E-state index in [0.29, 0.717) is 5.95 Å². The number of aryl methyl sites for hydroxylation is 1. The van der Waals surface area contributed by atoms with Gasteiger partial charge in [0.05, 0.1) is 5.69 Å². The van der Waals surface area contributed by atoms with Gasteiger partial charge in [0.1, 0.15) is 0 Å². The van der Waals surface area contributed by atoms with E-state index in [4.69, 9.17) is 5.73 Å². The molecule has 7 heteroatoms. The highest BCUT2D eigenvalue weighted by atomic mass is 15.3. The maximum Gasteiger partial charge on any atom is 0.248 e. The van der Waals surface area contributed by atoms with E-state index in [1.807, 2.05) is 37.3 Å². The molecule has 2 aromatic heterocycles. The molecule has 0 amide bonds. The lowest BCUT2D eigenvalue weighted by atomic mass is 10.0. The summed E-state index contributed by atoms with van der Waals surface area (Å²) in [7, 11) is 0. The number of nitrogens with zero attached hydrogens (tertiary/aromatic N) is 4. The number of rotatable bonds is 3. The summed E-state index contributed by atoms with van der Waals surface area (Å²) < 4.78 is 0. The molecule has 4 N–H and O–H groups in total. The number of aromatic amines is 1. The van der Waals surface area contributed by atoms with Crippen LogP contribution < -0.4 is 11.1 Å². The average molecular weight is 267 g/mol. The van der Waals surface area contributed by atoms with Crippen LogP contribution in [-0.4, -0.2) is 25.4 Å². The van der Waals surface area contributed by atoms with Crippen molar-refractivity contribution in [2.45, 2.75) is 6.92 Å². The SMILES string of the molecule is Cc1cc(Nc2n[nH]c(N)n2)ccc1-c1cccnn1. The quantitative estimate of drug-likeness (QED) is 0.669. The normalized spacial score (nSPS) is 10.4. The molecular weight excluding hydrogens is 254 g/mol. The molecule has 0 saturated carbocycles. The van der Waals surface area contributed by atoms with Crippen molar-refractivity contribution in [1.82, 2.24) is 25.4 Å². The maximum absolute atomic E-state index is 5.48. The van der Waals surface area contributed by atoms with Crippen LogP contribution in [0.1, 0.15) is 5.56 Å². The lowest BCUT2D eigenvalue weighted by Crippen LogP contribution is -1.95. The van der Waals surface area contributed by atoms with Crippen LogP contribution >= 0.6 is 0 Å². The van der Waals surface area contributed by atoms with Crippen LogP contribution in [0.15, 0.2) is 36.5 Å². The van der Waals surface area contributed by atoms with Crippen molar-refractivity contribution in [3.05, 3.63) is 42.1 Å². The summed E-state index contributed by atoms with van der Waals surface area (Å²) in [4.78, 5) is 3.99. The average Bonchev–Trinajstić information content (AvgIpc) is 2.85. The Kier molecular flexibility index (Phi) is 3.00. The van der Waals surface area contributed by atoms with E-state index in [2.05, 4.69) is 30.7 Å². The van der Waals surface area contributed by atoms with Crippen LogP contribution in [0, 0.1) is 6.92 Å². The summed E-state index contributed by atoms with van der Waals surface area (Å²) in [6, 6.07) is 9.71. The highest BCUT2D eigenvalue weighted by Gasteiger charge is 2.06. The molecule has 0 radical (unpaired) electrons. The van der Waals surface area contributed by atoms with Crippen molar-refractivity contribution in [3.63, 3.8) is 0 Å².